The van der Waals surface area contributed by atoms with Crippen molar-refractivity contribution in [3.8, 4) is 0 Å². The second-order valence-corrected chi connectivity index (χ2v) is 6.49. The smallest absolute Gasteiger partial charge is 0.267 e. The predicted molar refractivity (Wildman–Crippen MR) is 92.8 cm³/mol. The Hall–Kier alpha value is -2.21. The topological polar surface area (TPSA) is 73.8 Å². The van der Waals surface area contributed by atoms with Gasteiger partial charge in [-0.05, 0) is 36.9 Å². The van der Waals surface area contributed by atoms with Crippen molar-refractivity contribution in [3.05, 3.63) is 35.4 Å². The Morgan fingerprint density at radius 1 is 1.38 bits per heavy atom. The number of hydrogen-bond acceptors (Lipinski definition) is 4. The number of carbonyl (C=O) groups is 2. The number of hydrogen-bond donors (Lipinski definition) is 2. The van der Waals surface area contributed by atoms with Gasteiger partial charge < -0.3 is 10.2 Å². The summed E-state index contributed by atoms with van der Waals surface area (Å²) in [5.41, 5.74) is 5.56. The summed E-state index contributed by atoms with van der Waals surface area (Å²) in [6, 6.07) is 8.58. The maximum atomic E-state index is 12.0. The fourth-order valence-electron chi connectivity index (χ4n) is 3.40. The Kier molecular flexibility index (Phi) is 5.25. The van der Waals surface area contributed by atoms with Crippen LogP contribution in [-0.2, 0) is 9.59 Å². The van der Waals surface area contributed by atoms with E-state index in [9.17, 15) is 9.59 Å². The van der Waals surface area contributed by atoms with E-state index in [1.165, 1.54) is 11.1 Å². The van der Waals surface area contributed by atoms with Gasteiger partial charge in [0.15, 0.2) is 0 Å². The number of hydrazone groups is 1. The van der Waals surface area contributed by atoms with Gasteiger partial charge in [0.2, 0.25) is 5.91 Å². The van der Waals surface area contributed by atoms with E-state index in [0.717, 1.165) is 26.1 Å². The normalized spacial score (nSPS) is 21.3. The fraction of sp³-hybridized carbons (Fsp3) is 0.500. The minimum atomic E-state index is -0.176. The first-order valence-corrected chi connectivity index (χ1v) is 8.55. The Labute approximate surface area is 142 Å². The third-order valence-electron chi connectivity index (χ3n) is 4.78. The average molecular weight is 328 g/mol. The Bertz CT molecular complexity index is 656. The molecule has 2 heterocycles. The zero-order chi connectivity index (χ0) is 16.9. The molecule has 1 fully saturated rings. The Morgan fingerprint density at radius 2 is 2.21 bits per heavy atom. The van der Waals surface area contributed by atoms with E-state index in [2.05, 4.69) is 51.9 Å². The van der Waals surface area contributed by atoms with Gasteiger partial charge in [-0.1, -0.05) is 24.3 Å². The van der Waals surface area contributed by atoms with Crippen LogP contribution in [0.4, 0.5) is 0 Å². The van der Waals surface area contributed by atoms with E-state index >= 15 is 0 Å². The molecule has 6 heteroatoms. The number of nitrogens with zero attached hydrogens (tertiary/aromatic N) is 2. The average Bonchev–Trinajstić information content (AvgIpc) is 3.04. The van der Waals surface area contributed by atoms with Crippen molar-refractivity contribution >= 4 is 17.5 Å². The first kappa shape index (κ1) is 16.6. The van der Waals surface area contributed by atoms with Gasteiger partial charge in [0.1, 0.15) is 5.71 Å². The monoisotopic (exact) mass is 328 g/mol. The summed E-state index contributed by atoms with van der Waals surface area (Å²) in [4.78, 5) is 25.4. The molecule has 1 atom stereocenters. The lowest BCUT2D eigenvalue weighted by molar-refractivity contribution is -0.121. The predicted octanol–water partition coefficient (Wildman–Crippen LogP) is 1.17. The number of likely N-dealkylation sites (tertiary alicyclic amines) is 1. The minimum Gasteiger partial charge on any atom is -0.350 e. The van der Waals surface area contributed by atoms with Crippen LogP contribution < -0.4 is 10.7 Å². The van der Waals surface area contributed by atoms with Gasteiger partial charge in [-0.25, -0.2) is 5.43 Å². The zero-order valence-electron chi connectivity index (χ0n) is 14.0. The molecule has 1 aromatic carbocycles. The van der Waals surface area contributed by atoms with Crippen LogP contribution in [0, 0.1) is 6.92 Å². The van der Waals surface area contributed by atoms with Crippen LogP contribution >= 0.6 is 0 Å². The molecule has 1 saturated heterocycles. The standard InChI is InChI=1S/C18H24N4O2/c1-13-4-2-3-5-15(13)14-8-10-22(12-14)11-9-19-18(24)16-6-7-17(23)21-20-16/h2-5,14H,6-12H2,1H3,(H,19,24)(H,21,23). The quantitative estimate of drug-likeness (QED) is 0.852. The molecular formula is C18H24N4O2. The van der Waals surface area contributed by atoms with Crippen LogP contribution in [0.2, 0.25) is 0 Å². The van der Waals surface area contributed by atoms with Gasteiger partial charge in [-0.2, -0.15) is 5.10 Å². The lowest BCUT2D eigenvalue weighted by Crippen LogP contribution is -2.40. The van der Waals surface area contributed by atoms with Crippen LogP contribution in [0.1, 0.15) is 36.3 Å². The molecule has 0 aromatic heterocycles. The van der Waals surface area contributed by atoms with Gasteiger partial charge in [-0.3, -0.25) is 9.59 Å². The van der Waals surface area contributed by atoms with E-state index in [0.29, 0.717) is 31.0 Å². The van der Waals surface area contributed by atoms with Crippen molar-refractivity contribution in [2.75, 3.05) is 26.2 Å². The molecule has 128 valence electrons. The number of carbonyl (C=O) groups excluding carboxylic acids is 2. The molecule has 0 aliphatic carbocycles. The highest BCUT2D eigenvalue weighted by molar-refractivity contribution is 6.39. The molecule has 0 bridgehead atoms. The molecule has 2 N–H and O–H groups in total. The summed E-state index contributed by atoms with van der Waals surface area (Å²) in [6.07, 6.45) is 1.91. The number of aryl methyl sites for hydroxylation is 1. The fourth-order valence-corrected chi connectivity index (χ4v) is 3.40. The van der Waals surface area contributed by atoms with Gasteiger partial charge in [0, 0.05) is 32.5 Å². The summed E-state index contributed by atoms with van der Waals surface area (Å²) in [7, 11) is 0. The SMILES string of the molecule is Cc1ccccc1C1CCN(CCNC(=O)C2=NNC(=O)CC2)C1. The summed E-state index contributed by atoms with van der Waals surface area (Å²) in [5.74, 6) is 0.273. The zero-order valence-corrected chi connectivity index (χ0v) is 14.0. The molecule has 24 heavy (non-hydrogen) atoms. The first-order valence-electron chi connectivity index (χ1n) is 8.55. The number of rotatable bonds is 5. The molecule has 3 rings (SSSR count). The number of amides is 2. The number of benzene rings is 1. The third-order valence-corrected chi connectivity index (χ3v) is 4.78. The molecule has 2 aliphatic rings. The van der Waals surface area contributed by atoms with Gasteiger partial charge in [0.05, 0.1) is 0 Å². The highest BCUT2D eigenvalue weighted by atomic mass is 16.2. The first-order chi connectivity index (χ1) is 11.6. The van der Waals surface area contributed by atoms with Crippen LogP contribution in [0.25, 0.3) is 0 Å². The molecular weight excluding hydrogens is 304 g/mol. The van der Waals surface area contributed by atoms with Crippen LogP contribution in [0.5, 0.6) is 0 Å². The van der Waals surface area contributed by atoms with Gasteiger partial charge in [-0.15, -0.1) is 0 Å². The van der Waals surface area contributed by atoms with E-state index in [1.807, 2.05) is 0 Å². The minimum absolute atomic E-state index is 0.133. The van der Waals surface area contributed by atoms with E-state index in [4.69, 9.17) is 0 Å². The highest BCUT2D eigenvalue weighted by Crippen LogP contribution is 2.28. The van der Waals surface area contributed by atoms with Crippen molar-refractivity contribution in [1.82, 2.24) is 15.6 Å². The molecule has 1 unspecified atom stereocenters. The lowest BCUT2D eigenvalue weighted by Gasteiger charge is -2.18. The van der Waals surface area contributed by atoms with Gasteiger partial charge in [0.25, 0.3) is 5.91 Å². The van der Waals surface area contributed by atoms with Crippen LogP contribution in [0.15, 0.2) is 29.4 Å². The largest absolute Gasteiger partial charge is 0.350 e. The Balaban J connectivity index is 1.43. The summed E-state index contributed by atoms with van der Waals surface area (Å²) in [5, 5.41) is 6.71. The van der Waals surface area contributed by atoms with Crippen molar-refractivity contribution in [1.29, 1.82) is 0 Å². The van der Waals surface area contributed by atoms with E-state index < -0.39 is 0 Å². The second-order valence-electron chi connectivity index (χ2n) is 6.49. The van der Waals surface area contributed by atoms with Crippen LogP contribution in [-0.4, -0.2) is 48.6 Å². The third kappa shape index (κ3) is 4.00. The van der Waals surface area contributed by atoms with Crippen molar-refractivity contribution in [3.63, 3.8) is 0 Å². The molecule has 0 radical (unpaired) electrons. The number of nitrogens with one attached hydrogen (secondary N) is 2. The van der Waals surface area contributed by atoms with Crippen molar-refractivity contribution in [2.45, 2.75) is 32.1 Å². The highest BCUT2D eigenvalue weighted by Gasteiger charge is 2.24. The maximum absolute atomic E-state index is 12.0. The molecule has 2 aliphatic heterocycles. The second kappa shape index (κ2) is 7.57. The lowest BCUT2D eigenvalue weighted by atomic mass is 9.94. The maximum Gasteiger partial charge on any atom is 0.267 e. The summed E-state index contributed by atoms with van der Waals surface area (Å²) in [6.45, 7) is 5.71. The van der Waals surface area contributed by atoms with Crippen LogP contribution in [0.3, 0.4) is 0 Å². The molecule has 0 spiro atoms. The van der Waals surface area contributed by atoms with Crippen molar-refractivity contribution < 1.29 is 9.59 Å². The molecule has 2 amide bonds. The van der Waals surface area contributed by atoms with E-state index in [-0.39, 0.29) is 11.8 Å². The molecule has 6 nitrogen and oxygen atoms in total. The Morgan fingerprint density at radius 3 is 2.96 bits per heavy atom. The van der Waals surface area contributed by atoms with E-state index in [1.54, 1.807) is 0 Å². The molecule has 0 saturated carbocycles. The molecule has 1 aromatic rings. The summed E-state index contributed by atoms with van der Waals surface area (Å²) < 4.78 is 0. The van der Waals surface area contributed by atoms with Crippen molar-refractivity contribution in [2.24, 2.45) is 5.10 Å². The summed E-state index contributed by atoms with van der Waals surface area (Å²) >= 11 is 0. The van der Waals surface area contributed by atoms with Gasteiger partial charge >= 0.3 is 0 Å².